The quantitative estimate of drug-likeness (QED) is 0.661. The molecule has 0 aliphatic heterocycles. The molecule has 1 aromatic rings. The van der Waals surface area contributed by atoms with E-state index in [0.29, 0.717) is 5.02 Å². The van der Waals surface area contributed by atoms with Crippen molar-refractivity contribution < 1.29 is 13.2 Å². The number of primary amides is 1. The monoisotopic (exact) mass is 234 g/mol. The third kappa shape index (κ3) is 2.61. The van der Waals surface area contributed by atoms with Gasteiger partial charge in [0.2, 0.25) is 10.9 Å². The van der Waals surface area contributed by atoms with Gasteiger partial charge in [-0.25, -0.2) is 8.42 Å². The lowest BCUT2D eigenvalue weighted by Crippen LogP contribution is -2.13. The van der Waals surface area contributed by atoms with E-state index in [1.54, 1.807) is 0 Å². The molecule has 0 saturated carbocycles. The lowest BCUT2D eigenvalue weighted by Gasteiger charge is -2.04. The van der Waals surface area contributed by atoms with Gasteiger partial charge in [-0.15, -0.1) is 0 Å². The average Bonchev–Trinajstić information content (AvgIpc) is 2.07. The summed E-state index contributed by atoms with van der Waals surface area (Å²) in [6, 6.07) is 4.12. The van der Waals surface area contributed by atoms with Gasteiger partial charge in [-0.3, -0.25) is 9.52 Å². The summed E-state index contributed by atoms with van der Waals surface area (Å²) in [5.41, 5.74) is 5.19. The zero-order valence-corrected chi connectivity index (χ0v) is 8.51. The first-order chi connectivity index (χ1) is 6.50. The fourth-order valence-electron chi connectivity index (χ4n) is 0.916. The molecule has 0 unspecified atom stereocenters. The molecule has 0 aromatic heterocycles. The van der Waals surface area contributed by atoms with E-state index < -0.39 is 16.8 Å². The van der Waals surface area contributed by atoms with Gasteiger partial charge in [0.15, 0.2) is 0 Å². The molecule has 1 amide bonds. The first kappa shape index (κ1) is 10.8. The largest absolute Gasteiger partial charge is 0.366 e. The molecule has 0 spiro atoms. The average molecular weight is 235 g/mol. The van der Waals surface area contributed by atoms with Gasteiger partial charge in [0.25, 0.3) is 5.91 Å². The lowest BCUT2D eigenvalue weighted by atomic mass is 10.2. The third-order valence-corrected chi connectivity index (χ3v) is 2.12. The van der Waals surface area contributed by atoms with Crippen LogP contribution in [-0.4, -0.2) is 14.3 Å². The molecule has 0 heterocycles. The number of nitrogens with one attached hydrogen (secondary N) is 1. The molecule has 0 bridgehead atoms. The molecule has 1 rings (SSSR count). The summed E-state index contributed by atoms with van der Waals surface area (Å²) in [6.45, 7) is 0. The van der Waals surface area contributed by atoms with Crippen molar-refractivity contribution in [3.8, 4) is 0 Å². The Labute approximate surface area is 86.9 Å². The molecule has 3 N–H and O–H groups in total. The van der Waals surface area contributed by atoms with E-state index in [9.17, 15) is 13.2 Å². The summed E-state index contributed by atoms with van der Waals surface area (Å²) in [5.74, 6) is -0.744. The van der Waals surface area contributed by atoms with Gasteiger partial charge in [-0.1, -0.05) is 11.6 Å². The van der Waals surface area contributed by atoms with Gasteiger partial charge in [-0.2, -0.15) is 0 Å². The van der Waals surface area contributed by atoms with E-state index in [2.05, 4.69) is 4.72 Å². The van der Waals surface area contributed by atoms with Crippen LogP contribution in [0.2, 0.25) is 5.02 Å². The summed E-state index contributed by atoms with van der Waals surface area (Å²) in [5, 5.41) is 0.311. The highest BCUT2D eigenvalue weighted by Gasteiger charge is 2.08. The highest BCUT2D eigenvalue weighted by molar-refractivity contribution is 7.73. The molecule has 76 valence electrons. The van der Waals surface area contributed by atoms with Crippen LogP contribution in [0.3, 0.4) is 0 Å². The first-order valence-electron chi connectivity index (χ1n) is 3.51. The number of carbonyl (C=O) groups is 1. The first-order valence-corrected chi connectivity index (χ1v) is 5.06. The van der Waals surface area contributed by atoms with Gasteiger partial charge in [0.1, 0.15) is 0 Å². The molecule has 0 fully saturated rings. The van der Waals surface area contributed by atoms with Crippen LogP contribution in [0.25, 0.3) is 0 Å². The Kier molecular flexibility index (Phi) is 3.32. The zero-order valence-electron chi connectivity index (χ0n) is 6.86. The second-order valence-electron chi connectivity index (χ2n) is 2.42. The number of rotatable bonds is 3. The van der Waals surface area contributed by atoms with Crippen molar-refractivity contribution in [2.75, 3.05) is 4.72 Å². The van der Waals surface area contributed by atoms with Crippen molar-refractivity contribution in [3.05, 3.63) is 28.8 Å². The smallest absolute Gasteiger partial charge is 0.250 e. The fourth-order valence-corrected chi connectivity index (χ4v) is 1.48. The number of amides is 1. The van der Waals surface area contributed by atoms with Gasteiger partial charge >= 0.3 is 0 Å². The Bertz CT molecular complexity index is 437. The number of anilines is 1. The van der Waals surface area contributed by atoms with Crippen LogP contribution >= 0.6 is 11.6 Å². The zero-order chi connectivity index (χ0) is 10.7. The Balaban J connectivity index is 3.21. The van der Waals surface area contributed by atoms with Gasteiger partial charge in [0, 0.05) is 5.02 Å². The minimum absolute atomic E-state index is 0.0386. The molecule has 14 heavy (non-hydrogen) atoms. The number of benzene rings is 1. The van der Waals surface area contributed by atoms with E-state index >= 15 is 0 Å². The predicted molar refractivity (Wildman–Crippen MR) is 53.9 cm³/mol. The van der Waals surface area contributed by atoms with Crippen molar-refractivity contribution in [2.24, 2.45) is 5.73 Å². The van der Waals surface area contributed by atoms with Gasteiger partial charge in [0.05, 0.1) is 11.3 Å². The number of hydrogen-bond donors (Lipinski definition) is 3. The molecule has 0 aliphatic carbocycles. The van der Waals surface area contributed by atoms with E-state index in [4.69, 9.17) is 17.3 Å². The van der Waals surface area contributed by atoms with Crippen molar-refractivity contribution in [2.45, 2.75) is 0 Å². The van der Waals surface area contributed by atoms with Crippen LogP contribution in [-0.2, 0) is 10.9 Å². The molecule has 0 radical (unpaired) electrons. The molecule has 0 saturated heterocycles. The van der Waals surface area contributed by atoms with Gasteiger partial charge in [-0.05, 0) is 18.2 Å². The van der Waals surface area contributed by atoms with Crippen molar-refractivity contribution in [1.82, 2.24) is 0 Å². The number of halogens is 1. The minimum Gasteiger partial charge on any atom is -0.366 e. The predicted octanol–water partition coefficient (Wildman–Crippen LogP) is 0.377. The number of thiol groups is 1. The van der Waals surface area contributed by atoms with E-state index in [0.717, 1.165) is 0 Å². The summed E-state index contributed by atoms with van der Waals surface area (Å²) < 4.78 is 22.8. The summed E-state index contributed by atoms with van der Waals surface area (Å²) in [6.07, 6.45) is 0. The topological polar surface area (TPSA) is 89.3 Å². The molecule has 0 atom stereocenters. The summed E-state index contributed by atoms with van der Waals surface area (Å²) in [7, 11) is -2.83. The van der Waals surface area contributed by atoms with Crippen LogP contribution < -0.4 is 10.5 Å². The molecular weight excluding hydrogens is 228 g/mol. The second kappa shape index (κ2) is 4.30. The van der Waals surface area contributed by atoms with Crippen molar-refractivity contribution in [3.63, 3.8) is 0 Å². The van der Waals surface area contributed by atoms with E-state index in [-0.39, 0.29) is 11.3 Å². The Morgan fingerprint density at radius 3 is 2.57 bits per heavy atom. The standard InChI is InChI=1S/C7H7ClN2O3S/c8-4-1-2-6(10-14(12)13)5(3-4)7(9)11/h1-3,14H,(H2,9,11)(H,10,12,13). The maximum absolute atomic E-state index is 10.9. The molecule has 1 aromatic carbocycles. The third-order valence-electron chi connectivity index (χ3n) is 1.46. The maximum atomic E-state index is 10.9. The lowest BCUT2D eigenvalue weighted by molar-refractivity contribution is 0.100. The fraction of sp³-hybridized carbons (Fsp3) is 0. The number of hydrogen-bond acceptors (Lipinski definition) is 3. The normalized spacial score (nSPS) is 10.1. The van der Waals surface area contributed by atoms with Crippen LogP contribution in [0.1, 0.15) is 10.4 Å². The molecule has 7 heteroatoms. The Morgan fingerprint density at radius 1 is 1.43 bits per heavy atom. The minimum atomic E-state index is -2.83. The van der Waals surface area contributed by atoms with Crippen LogP contribution in [0.5, 0.6) is 0 Å². The molecule has 5 nitrogen and oxygen atoms in total. The second-order valence-corrected chi connectivity index (χ2v) is 3.60. The Hall–Kier alpha value is -1.27. The highest BCUT2D eigenvalue weighted by Crippen LogP contribution is 2.19. The molecular formula is C7H7ClN2O3S. The van der Waals surface area contributed by atoms with Crippen LogP contribution in [0.15, 0.2) is 18.2 Å². The van der Waals surface area contributed by atoms with E-state index in [1.165, 1.54) is 18.2 Å². The molecule has 0 aliphatic rings. The summed E-state index contributed by atoms with van der Waals surface area (Å²) in [4.78, 5) is 10.9. The summed E-state index contributed by atoms with van der Waals surface area (Å²) >= 11 is 5.61. The van der Waals surface area contributed by atoms with Crippen molar-refractivity contribution >= 4 is 34.1 Å². The number of nitrogens with two attached hydrogens (primary N) is 1. The SMILES string of the molecule is NC(=O)c1cc(Cl)ccc1N[SH](=O)=O. The van der Waals surface area contributed by atoms with E-state index in [1.807, 2.05) is 0 Å². The van der Waals surface area contributed by atoms with Gasteiger partial charge < -0.3 is 5.73 Å². The maximum Gasteiger partial charge on any atom is 0.250 e. The Morgan fingerprint density at radius 2 is 2.07 bits per heavy atom. The van der Waals surface area contributed by atoms with Crippen LogP contribution in [0.4, 0.5) is 5.69 Å². The van der Waals surface area contributed by atoms with Crippen molar-refractivity contribution in [1.29, 1.82) is 0 Å². The van der Waals surface area contributed by atoms with Crippen LogP contribution in [0, 0.1) is 0 Å². The number of carbonyl (C=O) groups excluding carboxylic acids is 1. The highest BCUT2D eigenvalue weighted by atomic mass is 35.5.